The van der Waals surface area contributed by atoms with Crippen molar-refractivity contribution < 1.29 is 13.2 Å². The van der Waals surface area contributed by atoms with Gasteiger partial charge in [0.1, 0.15) is 10.6 Å². The molecular weight excluding hydrogens is 294 g/mol. The standard InChI is InChI=1S/C14H17NO3S2/c1-4-18-13-7-5-12(6-8-13)15-20(16,17)14-9-10(2)19-11(14)3/h5-9,15H,4H2,1-3H3. The van der Waals surface area contributed by atoms with E-state index in [0.29, 0.717) is 17.2 Å². The number of aryl methyl sites for hydroxylation is 2. The summed E-state index contributed by atoms with van der Waals surface area (Å²) in [6.45, 7) is 6.19. The van der Waals surface area contributed by atoms with Crippen molar-refractivity contribution in [3.8, 4) is 5.75 Å². The number of benzene rings is 1. The maximum absolute atomic E-state index is 12.3. The van der Waals surface area contributed by atoms with Crippen LogP contribution in [0, 0.1) is 13.8 Å². The predicted molar refractivity (Wildman–Crippen MR) is 82.2 cm³/mol. The Morgan fingerprint density at radius 3 is 2.35 bits per heavy atom. The molecular formula is C14H17NO3S2. The first-order valence-corrected chi connectivity index (χ1v) is 8.55. The molecule has 20 heavy (non-hydrogen) atoms. The molecule has 0 amide bonds. The molecule has 0 radical (unpaired) electrons. The Hall–Kier alpha value is -1.53. The fourth-order valence-corrected chi connectivity index (χ4v) is 4.48. The normalized spacial score (nSPS) is 11.3. The first-order valence-electron chi connectivity index (χ1n) is 6.25. The van der Waals surface area contributed by atoms with Crippen LogP contribution in [0.2, 0.25) is 0 Å². The van der Waals surface area contributed by atoms with Gasteiger partial charge >= 0.3 is 0 Å². The van der Waals surface area contributed by atoms with Crippen LogP contribution in [-0.4, -0.2) is 15.0 Å². The third-order valence-corrected chi connectivity index (χ3v) is 5.31. The van der Waals surface area contributed by atoms with Crippen molar-refractivity contribution in [2.75, 3.05) is 11.3 Å². The molecule has 0 atom stereocenters. The second kappa shape index (κ2) is 5.85. The quantitative estimate of drug-likeness (QED) is 0.918. The Kier molecular flexibility index (Phi) is 4.35. The fourth-order valence-electron chi connectivity index (χ4n) is 1.87. The summed E-state index contributed by atoms with van der Waals surface area (Å²) in [5.41, 5.74) is 0.525. The van der Waals surface area contributed by atoms with Gasteiger partial charge in [-0.25, -0.2) is 8.42 Å². The number of anilines is 1. The van der Waals surface area contributed by atoms with Crippen molar-refractivity contribution >= 4 is 27.0 Å². The van der Waals surface area contributed by atoms with Crippen LogP contribution in [0.4, 0.5) is 5.69 Å². The lowest BCUT2D eigenvalue weighted by atomic mass is 10.3. The van der Waals surface area contributed by atoms with E-state index in [1.807, 2.05) is 20.8 Å². The van der Waals surface area contributed by atoms with Crippen molar-refractivity contribution in [2.24, 2.45) is 0 Å². The highest BCUT2D eigenvalue weighted by Crippen LogP contribution is 2.27. The zero-order valence-corrected chi connectivity index (χ0v) is 13.3. The van der Waals surface area contributed by atoms with Gasteiger partial charge in [0.2, 0.25) is 0 Å². The summed E-state index contributed by atoms with van der Waals surface area (Å²) in [5.74, 6) is 0.720. The second-order valence-electron chi connectivity index (χ2n) is 4.34. The lowest BCUT2D eigenvalue weighted by Gasteiger charge is -2.08. The summed E-state index contributed by atoms with van der Waals surface area (Å²) in [6, 6.07) is 8.56. The molecule has 0 aliphatic rings. The number of sulfonamides is 1. The number of nitrogens with one attached hydrogen (secondary N) is 1. The van der Waals surface area contributed by atoms with Crippen molar-refractivity contribution in [1.29, 1.82) is 0 Å². The smallest absolute Gasteiger partial charge is 0.262 e. The maximum Gasteiger partial charge on any atom is 0.262 e. The van der Waals surface area contributed by atoms with Crippen molar-refractivity contribution in [3.63, 3.8) is 0 Å². The minimum atomic E-state index is -3.53. The van der Waals surface area contributed by atoms with E-state index in [1.54, 1.807) is 30.3 Å². The fraction of sp³-hybridized carbons (Fsp3) is 0.286. The molecule has 0 unspecified atom stereocenters. The average Bonchev–Trinajstić information content (AvgIpc) is 2.72. The number of ether oxygens (including phenoxy) is 1. The first kappa shape index (κ1) is 14.9. The van der Waals surface area contributed by atoms with Gasteiger partial charge in [-0.1, -0.05) is 0 Å². The molecule has 0 saturated heterocycles. The Morgan fingerprint density at radius 1 is 1.20 bits per heavy atom. The first-order chi connectivity index (χ1) is 9.42. The molecule has 1 aromatic carbocycles. The molecule has 0 fully saturated rings. The SMILES string of the molecule is CCOc1ccc(NS(=O)(=O)c2cc(C)sc2C)cc1. The molecule has 1 N–H and O–H groups in total. The largest absolute Gasteiger partial charge is 0.494 e. The summed E-state index contributed by atoms with van der Waals surface area (Å²) in [5, 5.41) is 0. The van der Waals surface area contributed by atoms with E-state index in [-0.39, 0.29) is 0 Å². The number of hydrogen-bond donors (Lipinski definition) is 1. The zero-order valence-electron chi connectivity index (χ0n) is 11.6. The van der Waals surface area contributed by atoms with E-state index >= 15 is 0 Å². The molecule has 0 saturated carbocycles. The van der Waals surface area contributed by atoms with Crippen LogP contribution in [-0.2, 0) is 10.0 Å². The summed E-state index contributed by atoms with van der Waals surface area (Å²) in [6.07, 6.45) is 0. The van der Waals surface area contributed by atoms with Crippen LogP contribution in [0.1, 0.15) is 16.7 Å². The van der Waals surface area contributed by atoms with Gasteiger partial charge in [0, 0.05) is 15.4 Å². The van der Waals surface area contributed by atoms with E-state index in [1.165, 1.54) is 11.3 Å². The third kappa shape index (κ3) is 3.32. The third-order valence-electron chi connectivity index (χ3n) is 2.70. The number of hydrogen-bond acceptors (Lipinski definition) is 4. The van der Waals surface area contributed by atoms with Crippen LogP contribution < -0.4 is 9.46 Å². The number of thiophene rings is 1. The molecule has 1 aromatic heterocycles. The minimum absolute atomic E-state index is 0.342. The molecule has 2 aromatic rings. The van der Waals surface area contributed by atoms with Gasteiger partial charge in [-0.3, -0.25) is 4.72 Å². The van der Waals surface area contributed by atoms with Crippen LogP contribution in [0.15, 0.2) is 35.2 Å². The molecule has 4 nitrogen and oxygen atoms in total. The Balaban J connectivity index is 2.22. The summed E-state index contributed by atoms with van der Waals surface area (Å²) in [7, 11) is -3.53. The Bertz CT molecular complexity index is 688. The van der Waals surface area contributed by atoms with E-state index in [9.17, 15) is 8.42 Å². The highest BCUT2D eigenvalue weighted by Gasteiger charge is 2.19. The van der Waals surface area contributed by atoms with E-state index in [2.05, 4.69) is 4.72 Å². The highest BCUT2D eigenvalue weighted by molar-refractivity contribution is 7.93. The molecule has 1 heterocycles. The molecule has 0 bridgehead atoms. The lowest BCUT2D eigenvalue weighted by Crippen LogP contribution is -2.13. The highest BCUT2D eigenvalue weighted by atomic mass is 32.2. The number of rotatable bonds is 5. The molecule has 6 heteroatoms. The molecule has 108 valence electrons. The monoisotopic (exact) mass is 311 g/mol. The molecule has 2 rings (SSSR count). The molecule has 0 spiro atoms. The Morgan fingerprint density at radius 2 is 1.85 bits per heavy atom. The van der Waals surface area contributed by atoms with E-state index in [0.717, 1.165) is 15.5 Å². The molecule has 0 aliphatic heterocycles. The van der Waals surface area contributed by atoms with Gasteiger partial charge in [0.15, 0.2) is 0 Å². The summed E-state index contributed by atoms with van der Waals surface area (Å²) >= 11 is 1.48. The van der Waals surface area contributed by atoms with Gasteiger partial charge in [0.05, 0.1) is 6.61 Å². The van der Waals surface area contributed by atoms with Gasteiger partial charge in [0.25, 0.3) is 10.0 Å². The van der Waals surface area contributed by atoms with Gasteiger partial charge < -0.3 is 4.74 Å². The van der Waals surface area contributed by atoms with Crippen LogP contribution in [0.3, 0.4) is 0 Å². The van der Waals surface area contributed by atoms with Gasteiger partial charge in [-0.05, 0) is 51.1 Å². The van der Waals surface area contributed by atoms with Crippen molar-refractivity contribution in [3.05, 3.63) is 40.1 Å². The van der Waals surface area contributed by atoms with Gasteiger partial charge in [-0.2, -0.15) is 0 Å². The van der Waals surface area contributed by atoms with Crippen molar-refractivity contribution in [2.45, 2.75) is 25.7 Å². The topological polar surface area (TPSA) is 55.4 Å². The maximum atomic E-state index is 12.3. The second-order valence-corrected chi connectivity index (χ2v) is 7.45. The minimum Gasteiger partial charge on any atom is -0.494 e. The van der Waals surface area contributed by atoms with Crippen LogP contribution >= 0.6 is 11.3 Å². The van der Waals surface area contributed by atoms with Crippen molar-refractivity contribution in [1.82, 2.24) is 0 Å². The zero-order chi connectivity index (χ0) is 14.8. The van der Waals surface area contributed by atoms with E-state index in [4.69, 9.17) is 4.74 Å². The molecule has 0 aliphatic carbocycles. The van der Waals surface area contributed by atoms with Crippen LogP contribution in [0.25, 0.3) is 0 Å². The summed E-state index contributed by atoms with van der Waals surface area (Å²) in [4.78, 5) is 2.12. The Labute approximate surface area is 123 Å². The van der Waals surface area contributed by atoms with E-state index < -0.39 is 10.0 Å². The summed E-state index contributed by atoms with van der Waals surface area (Å²) < 4.78 is 32.5. The van der Waals surface area contributed by atoms with Crippen LogP contribution in [0.5, 0.6) is 5.75 Å². The lowest BCUT2D eigenvalue weighted by molar-refractivity contribution is 0.340. The van der Waals surface area contributed by atoms with Gasteiger partial charge in [-0.15, -0.1) is 11.3 Å². The predicted octanol–water partition coefficient (Wildman–Crippen LogP) is 3.56. The average molecular weight is 311 g/mol.